The average molecular weight is 623 g/mol. The van der Waals surface area contributed by atoms with E-state index in [4.69, 9.17) is 11.6 Å². The van der Waals surface area contributed by atoms with Crippen LogP contribution in [0.5, 0.6) is 0 Å². The summed E-state index contributed by atoms with van der Waals surface area (Å²) in [5.74, 6) is 7.66. The molecule has 0 aliphatic heterocycles. The van der Waals surface area contributed by atoms with Gasteiger partial charge in [0.25, 0.3) is 0 Å². The van der Waals surface area contributed by atoms with E-state index in [1.807, 2.05) is 31.2 Å². The zero-order chi connectivity index (χ0) is 32.2. The van der Waals surface area contributed by atoms with Gasteiger partial charge in [-0.2, -0.15) is 0 Å². The van der Waals surface area contributed by atoms with Crippen molar-refractivity contribution < 1.29 is 15.3 Å². The van der Waals surface area contributed by atoms with Gasteiger partial charge in [0.05, 0.1) is 17.2 Å². The lowest BCUT2D eigenvalue weighted by atomic mass is 9.66. The van der Waals surface area contributed by atoms with Gasteiger partial charge in [-0.25, -0.2) is 0 Å². The molecule has 2 aromatic carbocycles. The molecule has 7 nitrogen and oxygen atoms in total. The minimum absolute atomic E-state index is 0.0145. The Balaban J connectivity index is 1.27. The maximum absolute atomic E-state index is 12.5. The molecule has 7 heteroatoms. The topological polar surface area (TPSA) is 113 Å². The van der Waals surface area contributed by atoms with Gasteiger partial charge >= 0.3 is 0 Å². The Bertz CT molecular complexity index is 1570. The van der Waals surface area contributed by atoms with E-state index in [-0.39, 0.29) is 29.9 Å². The van der Waals surface area contributed by atoms with Gasteiger partial charge in [0.2, 0.25) is 0 Å². The van der Waals surface area contributed by atoms with E-state index in [0.717, 1.165) is 42.5 Å². The molecule has 2 bridgehead atoms. The molecule has 6 N–H and O–H groups in total. The summed E-state index contributed by atoms with van der Waals surface area (Å²) in [6, 6.07) is 20.6. The van der Waals surface area contributed by atoms with E-state index in [9.17, 15) is 15.3 Å². The second kappa shape index (κ2) is 13.7. The lowest BCUT2D eigenvalue weighted by molar-refractivity contribution is -0.0677. The molecule has 6 atom stereocenters. The second-order valence-electron chi connectivity index (χ2n) is 14.2. The van der Waals surface area contributed by atoms with E-state index in [1.54, 1.807) is 0 Å². The molecular weight excluding hydrogens is 572 g/mol. The molecule has 1 aromatic heterocycles. The number of H-pyrrole nitrogens is 1. The molecule has 3 aliphatic rings. The standard InChI is InChI=1S/C39H50N4O3/c1-28(24-32-25-30-12-6-7-14-35(30)42-32)38-17-8-13-31(26-39(46)18-15-33(34(39)27-38)37(2,45)19-20-38)43-36(40-21-9-23-44)41-22-16-29-10-4-3-5-11-29/h3-7,10-12,14,25,31,33-34,42,44-46H,1,9,15-24,26-27H2,2H3,(H2,40,41,43). The average Bonchev–Trinajstić information content (AvgIpc) is 3.57. The van der Waals surface area contributed by atoms with Crippen LogP contribution in [0.2, 0.25) is 0 Å². The number of guanidine groups is 1. The van der Waals surface area contributed by atoms with Crippen LogP contribution >= 0.6 is 0 Å². The van der Waals surface area contributed by atoms with Gasteiger partial charge in [-0.05, 0) is 86.8 Å². The molecular formula is C39H50N4O3. The molecule has 6 unspecified atom stereocenters. The molecule has 0 saturated heterocycles. The summed E-state index contributed by atoms with van der Waals surface area (Å²) in [4.78, 5) is 8.32. The molecule has 0 amide bonds. The van der Waals surface area contributed by atoms with Crippen molar-refractivity contribution in [3.05, 3.63) is 84.1 Å². The molecule has 3 aromatic rings. The zero-order valence-corrected chi connectivity index (χ0v) is 27.2. The summed E-state index contributed by atoms with van der Waals surface area (Å²) in [6.07, 6.45) is 6.91. The number of para-hydroxylation sites is 1. The highest BCUT2D eigenvalue weighted by molar-refractivity contribution is 5.81. The highest BCUT2D eigenvalue weighted by Gasteiger charge is 2.58. The summed E-state index contributed by atoms with van der Waals surface area (Å²) >= 11 is 0. The van der Waals surface area contributed by atoms with E-state index in [0.29, 0.717) is 57.6 Å². The number of hydrogen-bond acceptors (Lipinski definition) is 4. The van der Waals surface area contributed by atoms with Crippen LogP contribution < -0.4 is 10.6 Å². The lowest BCUT2D eigenvalue weighted by Crippen LogP contribution is -2.49. The number of fused-ring (bicyclic) bond motifs is 2. The van der Waals surface area contributed by atoms with Crippen LogP contribution in [0.1, 0.15) is 69.5 Å². The number of nitrogens with one attached hydrogen (secondary N) is 3. The van der Waals surface area contributed by atoms with Crippen LogP contribution in [-0.2, 0) is 12.8 Å². The Kier molecular flexibility index (Phi) is 9.61. The fraction of sp³-hybridized carbons (Fsp3) is 0.513. The summed E-state index contributed by atoms with van der Waals surface area (Å²) in [5, 5.41) is 41.9. The third-order valence-electron chi connectivity index (χ3n) is 11.0. The van der Waals surface area contributed by atoms with E-state index in [1.165, 1.54) is 10.9 Å². The Hall–Kier alpha value is -3.57. The normalized spacial score (nSPS) is 30.8. The molecule has 3 aliphatic carbocycles. The van der Waals surface area contributed by atoms with Crippen molar-refractivity contribution in [1.82, 2.24) is 15.6 Å². The van der Waals surface area contributed by atoms with Gasteiger partial charge < -0.3 is 30.9 Å². The van der Waals surface area contributed by atoms with Crippen LogP contribution in [-0.4, -0.2) is 63.2 Å². The number of aliphatic imine (C=N–C) groups is 1. The van der Waals surface area contributed by atoms with Gasteiger partial charge in [0, 0.05) is 55.6 Å². The molecule has 0 spiro atoms. The molecule has 0 radical (unpaired) electrons. The molecule has 46 heavy (non-hydrogen) atoms. The number of rotatable bonds is 10. The molecule has 2 fully saturated rings. The molecule has 244 valence electrons. The zero-order valence-electron chi connectivity index (χ0n) is 27.2. The summed E-state index contributed by atoms with van der Waals surface area (Å²) < 4.78 is 0. The van der Waals surface area contributed by atoms with Crippen molar-refractivity contribution in [2.45, 2.75) is 88.4 Å². The Labute approximate surface area is 273 Å². The number of aromatic nitrogens is 1. The maximum atomic E-state index is 12.5. The van der Waals surface area contributed by atoms with Crippen molar-refractivity contribution >= 4 is 16.9 Å². The van der Waals surface area contributed by atoms with Gasteiger partial charge in [0.15, 0.2) is 5.96 Å². The van der Waals surface area contributed by atoms with Crippen molar-refractivity contribution in [3.8, 4) is 11.8 Å². The smallest absolute Gasteiger partial charge is 0.192 e. The van der Waals surface area contributed by atoms with Crippen LogP contribution in [0, 0.1) is 29.1 Å². The third-order valence-corrected chi connectivity index (χ3v) is 11.0. The Morgan fingerprint density at radius 1 is 1.04 bits per heavy atom. The number of benzene rings is 2. The number of aromatic amines is 1. The van der Waals surface area contributed by atoms with Crippen molar-refractivity contribution in [3.63, 3.8) is 0 Å². The van der Waals surface area contributed by atoms with Crippen LogP contribution in [0.15, 0.2) is 77.8 Å². The Morgan fingerprint density at radius 3 is 2.65 bits per heavy atom. The summed E-state index contributed by atoms with van der Waals surface area (Å²) in [5.41, 5.74) is 2.48. The van der Waals surface area contributed by atoms with Crippen LogP contribution in [0.3, 0.4) is 0 Å². The molecule has 2 saturated carbocycles. The van der Waals surface area contributed by atoms with Crippen molar-refractivity contribution in [2.75, 3.05) is 19.7 Å². The van der Waals surface area contributed by atoms with Gasteiger partial charge in [-0.1, -0.05) is 66.6 Å². The minimum atomic E-state index is -0.970. The fourth-order valence-corrected chi connectivity index (χ4v) is 8.33. The number of nitrogens with zero attached hydrogens (tertiary/aromatic N) is 1. The molecule has 1 heterocycles. The first-order valence-corrected chi connectivity index (χ1v) is 17.1. The van der Waals surface area contributed by atoms with E-state index < -0.39 is 11.2 Å². The van der Waals surface area contributed by atoms with Crippen molar-refractivity contribution in [2.24, 2.45) is 22.2 Å². The highest BCUT2D eigenvalue weighted by atomic mass is 16.3. The monoisotopic (exact) mass is 622 g/mol. The van der Waals surface area contributed by atoms with Crippen molar-refractivity contribution in [1.29, 1.82) is 0 Å². The van der Waals surface area contributed by atoms with Crippen LogP contribution in [0.25, 0.3) is 10.9 Å². The first-order chi connectivity index (χ1) is 22.2. The summed E-state index contributed by atoms with van der Waals surface area (Å²) in [6.45, 7) is 7.94. The number of aliphatic hydroxyl groups excluding tert-OH is 1. The maximum Gasteiger partial charge on any atom is 0.192 e. The largest absolute Gasteiger partial charge is 0.396 e. The number of hydrogen-bond donors (Lipinski definition) is 6. The minimum Gasteiger partial charge on any atom is -0.396 e. The first-order valence-electron chi connectivity index (χ1n) is 17.1. The summed E-state index contributed by atoms with van der Waals surface area (Å²) in [7, 11) is 0. The highest BCUT2D eigenvalue weighted by Crippen LogP contribution is 2.59. The number of allylic oxidation sites excluding steroid dienone is 1. The number of aliphatic hydroxyl groups is 3. The second-order valence-corrected chi connectivity index (χ2v) is 14.2. The predicted molar refractivity (Wildman–Crippen MR) is 185 cm³/mol. The van der Waals surface area contributed by atoms with E-state index in [2.05, 4.69) is 63.9 Å². The quantitative estimate of drug-likeness (QED) is 0.0607. The van der Waals surface area contributed by atoms with Gasteiger partial charge in [-0.15, -0.1) is 5.92 Å². The first kappa shape index (κ1) is 32.4. The fourth-order valence-electron chi connectivity index (χ4n) is 8.33. The van der Waals surface area contributed by atoms with Gasteiger partial charge in [0.1, 0.15) is 0 Å². The SMILES string of the molecule is C=C(Cc1cc2ccccc2[nH]1)C12CC#CC(NC(=NCCCO)NCCc3ccccc3)CC3(O)CCC(C3C1)C(C)(O)CC2. The predicted octanol–water partition coefficient (Wildman–Crippen LogP) is 5.27. The third kappa shape index (κ3) is 7.05. The van der Waals surface area contributed by atoms with Gasteiger partial charge in [-0.3, -0.25) is 4.99 Å². The lowest BCUT2D eigenvalue weighted by Gasteiger charge is -2.41. The molecule has 6 rings (SSSR count). The Morgan fingerprint density at radius 2 is 1.85 bits per heavy atom. The van der Waals surface area contributed by atoms with Crippen LogP contribution in [0.4, 0.5) is 0 Å². The van der Waals surface area contributed by atoms with E-state index >= 15 is 0 Å².